The van der Waals surface area contributed by atoms with Crippen LogP contribution in [0.1, 0.15) is 23.6 Å². The van der Waals surface area contributed by atoms with Crippen LogP contribution < -0.4 is 4.74 Å². The Morgan fingerprint density at radius 1 is 0.929 bits per heavy atom. The third-order valence-corrected chi connectivity index (χ3v) is 6.44. The summed E-state index contributed by atoms with van der Waals surface area (Å²) in [5.74, 6) is 0.683. The van der Waals surface area contributed by atoms with Crippen molar-refractivity contribution < 1.29 is 13.2 Å². The Hall–Kier alpha value is -3.12. The number of nitrogens with zero attached hydrogens (tertiary/aromatic N) is 2. The second kappa shape index (κ2) is 7.48. The molecular weight excluding hydrogens is 372 g/mol. The molecule has 6 heteroatoms. The number of methoxy groups -OCH3 is 1. The van der Waals surface area contributed by atoms with Crippen LogP contribution in [-0.4, -0.2) is 25.7 Å². The highest BCUT2D eigenvalue weighted by molar-refractivity contribution is 7.89. The fourth-order valence-electron chi connectivity index (χ4n) is 3.31. The molecule has 3 aromatic rings. The molecule has 0 N–H and O–H groups in total. The van der Waals surface area contributed by atoms with Gasteiger partial charge in [-0.15, -0.1) is 0 Å². The lowest BCUT2D eigenvalue weighted by molar-refractivity contribution is 0.368. The molecule has 1 aliphatic heterocycles. The largest absolute Gasteiger partial charge is 0.497 e. The maximum Gasteiger partial charge on any atom is 0.279 e. The molecule has 0 aliphatic carbocycles. The second-order valence-corrected chi connectivity index (χ2v) is 8.30. The number of ether oxygens (including phenoxy) is 1. The molecule has 28 heavy (non-hydrogen) atoms. The van der Waals surface area contributed by atoms with Crippen molar-refractivity contribution in [2.75, 3.05) is 7.11 Å². The highest BCUT2D eigenvalue weighted by Crippen LogP contribution is 2.38. The lowest BCUT2D eigenvalue weighted by Gasteiger charge is -2.23. The van der Waals surface area contributed by atoms with Crippen LogP contribution in [0.5, 0.6) is 5.75 Å². The minimum atomic E-state index is -3.79. The van der Waals surface area contributed by atoms with Gasteiger partial charge in [0.1, 0.15) is 5.75 Å². The number of sulfonamides is 1. The fourth-order valence-corrected chi connectivity index (χ4v) is 4.77. The van der Waals surface area contributed by atoms with E-state index in [-0.39, 0.29) is 4.90 Å². The SMILES string of the molecule is COc1cccc([C@@H]2CC(c3ccccc3)=NN2S(=O)(=O)c2ccccc2)c1. The quantitative estimate of drug-likeness (QED) is 0.653. The van der Waals surface area contributed by atoms with E-state index in [0.717, 1.165) is 16.8 Å². The first-order chi connectivity index (χ1) is 13.6. The first-order valence-corrected chi connectivity index (χ1v) is 10.4. The van der Waals surface area contributed by atoms with Gasteiger partial charge >= 0.3 is 0 Å². The average molecular weight is 392 g/mol. The Kier molecular flexibility index (Phi) is 4.88. The maximum absolute atomic E-state index is 13.3. The van der Waals surface area contributed by atoms with Gasteiger partial charge < -0.3 is 4.74 Å². The summed E-state index contributed by atoms with van der Waals surface area (Å²) >= 11 is 0. The van der Waals surface area contributed by atoms with Crippen molar-refractivity contribution in [3.8, 4) is 5.75 Å². The zero-order chi connectivity index (χ0) is 19.6. The standard InChI is InChI=1S/C22H20N2O3S/c1-27-19-12-8-11-18(15-19)22-16-21(17-9-4-2-5-10-17)23-24(22)28(25,26)20-13-6-3-7-14-20/h2-15,22H,16H2,1H3/t22-/m0/s1. The van der Waals surface area contributed by atoms with Gasteiger partial charge in [0.25, 0.3) is 10.0 Å². The molecule has 0 spiro atoms. The van der Waals surface area contributed by atoms with Crippen molar-refractivity contribution in [2.24, 2.45) is 5.10 Å². The Balaban J connectivity index is 1.81. The molecule has 1 heterocycles. The van der Waals surface area contributed by atoms with Gasteiger partial charge in [-0.05, 0) is 35.4 Å². The number of hydrogen-bond donors (Lipinski definition) is 0. The summed E-state index contributed by atoms with van der Waals surface area (Å²) in [6.45, 7) is 0. The molecule has 0 bridgehead atoms. The molecule has 1 aliphatic rings. The zero-order valence-corrected chi connectivity index (χ0v) is 16.2. The summed E-state index contributed by atoms with van der Waals surface area (Å²) in [4.78, 5) is 0.223. The van der Waals surface area contributed by atoms with E-state index in [0.29, 0.717) is 12.2 Å². The Morgan fingerprint density at radius 2 is 1.61 bits per heavy atom. The Labute approximate surface area is 164 Å². The molecule has 3 aromatic carbocycles. The van der Waals surface area contributed by atoms with Crippen molar-refractivity contribution in [3.63, 3.8) is 0 Å². The van der Waals surface area contributed by atoms with E-state index in [9.17, 15) is 8.42 Å². The van der Waals surface area contributed by atoms with Gasteiger partial charge in [0, 0.05) is 6.42 Å². The van der Waals surface area contributed by atoms with Gasteiger partial charge in [0.05, 0.1) is 23.8 Å². The Morgan fingerprint density at radius 3 is 2.29 bits per heavy atom. The molecule has 0 saturated heterocycles. The van der Waals surface area contributed by atoms with Crippen LogP contribution >= 0.6 is 0 Å². The van der Waals surface area contributed by atoms with E-state index >= 15 is 0 Å². The van der Waals surface area contributed by atoms with Crippen LogP contribution in [0.15, 0.2) is 94.9 Å². The molecule has 0 radical (unpaired) electrons. The van der Waals surface area contributed by atoms with Crippen molar-refractivity contribution >= 4 is 15.7 Å². The maximum atomic E-state index is 13.3. The van der Waals surface area contributed by atoms with E-state index in [1.165, 1.54) is 4.41 Å². The van der Waals surface area contributed by atoms with Gasteiger partial charge in [-0.3, -0.25) is 0 Å². The highest BCUT2D eigenvalue weighted by atomic mass is 32.2. The monoisotopic (exact) mass is 392 g/mol. The van der Waals surface area contributed by atoms with Crippen molar-refractivity contribution in [1.29, 1.82) is 0 Å². The summed E-state index contributed by atoms with van der Waals surface area (Å²) < 4.78 is 33.2. The molecule has 0 fully saturated rings. The van der Waals surface area contributed by atoms with E-state index < -0.39 is 16.1 Å². The van der Waals surface area contributed by atoms with Crippen LogP contribution in [0.2, 0.25) is 0 Å². The predicted octanol–water partition coefficient (Wildman–Crippen LogP) is 4.24. The topological polar surface area (TPSA) is 59.0 Å². The summed E-state index contributed by atoms with van der Waals surface area (Å²) in [6, 6.07) is 25.1. The van der Waals surface area contributed by atoms with Crippen molar-refractivity contribution in [1.82, 2.24) is 4.41 Å². The third kappa shape index (κ3) is 3.39. The first kappa shape index (κ1) is 18.3. The zero-order valence-electron chi connectivity index (χ0n) is 15.4. The third-order valence-electron chi connectivity index (χ3n) is 4.75. The van der Waals surface area contributed by atoms with Crippen LogP contribution in [0.25, 0.3) is 0 Å². The Bertz CT molecular complexity index is 1100. The lowest BCUT2D eigenvalue weighted by Crippen LogP contribution is -2.27. The second-order valence-electron chi connectivity index (χ2n) is 6.50. The van der Waals surface area contributed by atoms with Crippen LogP contribution in [-0.2, 0) is 10.0 Å². The number of hydrogen-bond acceptors (Lipinski definition) is 4. The number of hydrazone groups is 1. The molecule has 0 aromatic heterocycles. The summed E-state index contributed by atoms with van der Waals surface area (Å²) in [6.07, 6.45) is 0.489. The van der Waals surface area contributed by atoms with Gasteiger partial charge in [-0.25, -0.2) is 0 Å². The minimum absolute atomic E-state index is 0.223. The van der Waals surface area contributed by atoms with E-state index in [1.54, 1.807) is 37.4 Å². The first-order valence-electron chi connectivity index (χ1n) is 8.96. The van der Waals surface area contributed by atoms with E-state index in [4.69, 9.17) is 4.74 Å². The summed E-state index contributed by atoms with van der Waals surface area (Å²) in [7, 11) is -2.20. The summed E-state index contributed by atoms with van der Waals surface area (Å²) in [5, 5.41) is 4.54. The number of benzene rings is 3. The minimum Gasteiger partial charge on any atom is -0.497 e. The van der Waals surface area contributed by atoms with Crippen LogP contribution in [0.4, 0.5) is 0 Å². The van der Waals surface area contributed by atoms with Crippen molar-refractivity contribution in [3.05, 3.63) is 96.1 Å². The molecule has 142 valence electrons. The molecule has 5 nitrogen and oxygen atoms in total. The van der Waals surface area contributed by atoms with Gasteiger partial charge in [0.15, 0.2) is 0 Å². The molecule has 1 atom stereocenters. The van der Waals surface area contributed by atoms with Gasteiger partial charge in [-0.2, -0.15) is 17.9 Å². The van der Waals surface area contributed by atoms with Crippen LogP contribution in [0, 0.1) is 0 Å². The summed E-state index contributed by atoms with van der Waals surface area (Å²) in [5.41, 5.74) is 2.50. The van der Waals surface area contributed by atoms with E-state index in [1.807, 2.05) is 54.6 Å². The number of rotatable bonds is 5. The average Bonchev–Trinajstić information content (AvgIpc) is 3.21. The van der Waals surface area contributed by atoms with Crippen LogP contribution in [0.3, 0.4) is 0 Å². The van der Waals surface area contributed by atoms with E-state index in [2.05, 4.69) is 5.10 Å². The van der Waals surface area contributed by atoms with Gasteiger partial charge in [0.2, 0.25) is 0 Å². The molecule has 0 amide bonds. The molecule has 4 rings (SSSR count). The van der Waals surface area contributed by atoms with Crippen molar-refractivity contribution in [2.45, 2.75) is 17.4 Å². The molecular formula is C22H20N2O3S. The normalized spacial score (nSPS) is 16.7. The molecule has 0 saturated carbocycles. The lowest BCUT2D eigenvalue weighted by atomic mass is 9.99. The van der Waals surface area contributed by atoms with Gasteiger partial charge in [-0.1, -0.05) is 60.7 Å². The predicted molar refractivity (Wildman–Crippen MR) is 109 cm³/mol. The highest BCUT2D eigenvalue weighted by Gasteiger charge is 2.37. The fraction of sp³-hybridized carbons (Fsp3) is 0.136. The smallest absolute Gasteiger partial charge is 0.279 e. The molecule has 0 unspecified atom stereocenters.